The van der Waals surface area contributed by atoms with Gasteiger partial charge in [-0.2, -0.15) is 0 Å². The number of aromatic carboxylic acids is 1. The van der Waals surface area contributed by atoms with Crippen LogP contribution in [0.15, 0.2) is 36.4 Å². The van der Waals surface area contributed by atoms with E-state index in [1.807, 2.05) is 32.0 Å². The largest absolute Gasteiger partial charge is 0.478 e. The van der Waals surface area contributed by atoms with Gasteiger partial charge in [0.15, 0.2) is 0 Å². The molecule has 2 aromatic carbocycles. The van der Waals surface area contributed by atoms with Crippen molar-refractivity contribution >= 4 is 11.9 Å². The van der Waals surface area contributed by atoms with E-state index in [0.29, 0.717) is 5.56 Å². The third-order valence-electron chi connectivity index (χ3n) is 3.57. The molecule has 0 aliphatic heterocycles. The zero-order valence-electron chi connectivity index (χ0n) is 12.1. The number of carbonyl (C=O) groups is 2. The smallest absolute Gasteiger partial charge is 0.337 e. The summed E-state index contributed by atoms with van der Waals surface area (Å²) >= 11 is 0. The number of carboxylic acids is 1. The first kappa shape index (κ1) is 14.8. The molecule has 4 nitrogen and oxygen atoms in total. The van der Waals surface area contributed by atoms with E-state index in [-0.39, 0.29) is 11.1 Å². The van der Waals surface area contributed by atoms with Crippen LogP contribution in [0.1, 0.15) is 31.8 Å². The summed E-state index contributed by atoms with van der Waals surface area (Å²) in [5, 5.41) is 9.41. The maximum atomic E-state index is 11.5. The molecule has 0 aromatic heterocycles. The Morgan fingerprint density at radius 1 is 1.05 bits per heavy atom. The first-order chi connectivity index (χ1) is 9.95. The summed E-state index contributed by atoms with van der Waals surface area (Å²) in [5.41, 5.74) is 3.86. The van der Waals surface area contributed by atoms with Gasteiger partial charge < -0.3 is 9.84 Å². The van der Waals surface area contributed by atoms with Crippen molar-refractivity contribution in [1.29, 1.82) is 0 Å². The van der Waals surface area contributed by atoms with E-state index in [1.54, 1.807) is 12.1 Å². The molecule has 108 valence electrons. The Labute approximate surface area is 123 Å². The lowest BCUT2D eigenvalue weighted by Gasteiger charge is -2.12. The zero-order valence-corrected chi connectivity index (χ0v) is 12.1. The first-order valence-electron chi connectivity index (χ1n) is 6.48. The summed E-state index contributed by atoms with van der Waals surface area (Å²) in [6.07, 6.45) is 0. The Hall–Kier alpha value is -2.62. The van der Waals surface area contributed by atoms with Crippen LogP contribution in [0.5, 0.6) is 0 Å². The van der Waals surface area contributed by atoms with Crippen LogP contribution in [0.3, 0.4) is 0 Å². The second-order valence-corrected chi connectivity index (χ2v) is 4.80. The number of methoxy groups -OCH3 is 1. The van der Waals surface area contributed by atoms with Crippen LogP contribution < -0.4 is 0 Å². The summed E-state index contributed by atoms with van der Waals surface area (Å²) in [4.78, 5) is 23.0. The Morgan fingerprint density at radius 3 is 2.38 bits per heavy atom. The molecule has 2 aromatic rings. The number of hydrogen-bond acceptors (Lipinski definition) is 3. The summed E-state index contributed by atoms with van der Waals surface area (Å²) in [6.45, 7) is 3.92. The van der Waals surface area contributed by atoms with Crippen molar-refractivity contribution in [3.8, 4) is 11.1 Å². The molecule has 4 heteroatoms. The lowest BCUT2D eigenvalue weighted by molar-refractivity contribution is 0.0600. The molecule has 0 aliphatic carbocycles. The minimum Gasteiger partial charge on any atom is -0.478 e. The summed E-state index contributed by atoms with van der Waals surface area (Å²) in [7, 11) is 1.27. The number of carbonyl (C=O) groups excluding carboxylic acids is 1. The van der Waals surface area contributed by atoms with Gasteiger partial charge in [-0.3, -0.25) is 0 Å². The minimum absolute atomic E-state index is 0.0894. The van der Waals surface area contributed by atoms with Crippen LogP contribution in [-0.2, 0) is 4.74 Å². The maximum absolute atomic E-state index is 11.5. The third kappa shape index (κ3) is 2.79. The SMILES string of the molecule is COC(=O)c1ccc(-c2cccc(C)c2C)c(C(=O)O)c1. The second kappa shape index (κ2) is 5.79. The molecule has 0 spiro atoms. The average molecular weight is 284 g/mol. The van der Waals surface area contributed by atoms with E-state index in [1.165, 1.54) is 13.2 Å². The van der Waals surface area contributed by atoms with Gasteiger partial charge in [-0.15, -0.1) is 0 Å². The van der Waals surface area contributed by atoms with E-state index in [4.69, 9.17) is 0 Å². The number of aryl methyl sites for hydroxylation is 1. The van der Waals surface area contributed by atoms with E-state index < -0.39 is 11.9 Å². The van der Waals surface area contributed by atoms with Gasteiger partial charge in [0.25, 0.3) is 0 Å². The lowest BCUT2D eigenvalue weighted by atomic mass is 9.92. The number of rotatable bonds is 3. The Bertz CT molecular complexity index is 717. The predicted molar refractivity (Wildman–Crippen MR) is 79.7 cm³/mol. The van der Waals surface area contributed by atoms with E-state index in [0.717, 1.165) is 16.7 Å². The van der Waals surface area contributed by atoms with Gasteiger partial charge in [-0.05, 0) is 48.2 Å². The summed E-state index contributed by atoms with van der Waals surface area (Å²) < 4.78 is 4.63. The Balaban J connectivity index is 2.66. The van der Waals surface area contributed by atoms with E-state index in [2.05, 4.69) is 4.74 Å². The molecular formula is C17H16O4. The van der Waals surface area contributed by atoms with Gasteiger partial charge in [-0.25, -0.2) is 9.59 Å². The third-order valence-corrected chi connectivity index (χ3v) is 3.57. The number of hydrogen-bond donors (Lipinski definition) is 1. The van der Waals surface area contributed by atoms with Crippen molar-refractivity contribution in [2.75, 3.05) is 7.11 Å². The van der Waals surface area contributed by atoms with Crippen LogP contribution in [0.25, 0.3) is 11.1 Å². The average Bonchev–Trinajstić information content (AvgIpc) is 2.48. The highest BCUT2D eigenvalue weighted by Crippen LogP contribution is 2.29. The molecule has 0 unspecified atom stereocenters. The topological polar surface area (TPSA) is 63.6 Å². The molecule has 1 N–H and O–H groups in total. The molecule has 0 aliphatic rings. The number of ether oxygens (including phenoxy) is 1. The summed E-state index contributed by atoms with van der Waals surface area (Å²) in [5.74, 6) is -1.62. The first-order valence-corrected chi connectivity index (χ1v) is 6.48. The van der Waals surface area contributed by atoms with Crippen molar-refractivity contribution in [2.45, 2.75) is 13.8 Å². The normalized spacial score (nSPS) is 10.2. The number of carboxylic acid groups (broad SMARTS) is 1. The van der Waals surface area contributed by atoms with E-state index >= 15 is 0 Å². The van der Waals surface area contributed by atoms with Gasteiger partial charge >= 0.3 is 11.9 Å². The predicted octanol–water partition coefficient (Wildman–Crippen LogP) is 3.46. The molecule has 21 heavy (non-hydrogen) atoms. The van der Waals surface area contributed by atoms with Crippen molar-refractivity contribution in [2.24, 2.45) is 0 Å². The molecule has 0 saturated carbocycles. The highest BCUT2D eigenvalue weighted by Gasteiger charge is 2.17. The van der Waals surface area contributed by atoms with Crippen molar-refractivity contribution < 1.29 is 19.4 Å². The highest BCUT2D eigenvalue weighted by atomic mass is 16.5. The quantitative estimate of drug-likeness (QED) is 0.877. The van der Waals surface area contributed by atoms with Crippen LogP contribution in [-0.4, -0.2) is 24.2 Å². The zero-order chi connectivity index (χ0) is 15.6. The van der Waals surface area contributed by atoms with Crippen LogP contribution in [0, 0.1) is 13.8 Å². The van der Waals surface area contributed by atoms with Crippen molar-refractivity contribution in [3.63, 3.8) is 0 Å². The fourth-order valence-electron chi connectivity index (χ4n) is 2.24. The van der Waals surface area contributed by atoms with Gasteiger partial charge in [0, 0.05) is 0 Å². The molecule has 0 bridgehead atoms. The Kier molecular flexibility index (Phi) is 4.08. The van der Waals surface area contributed by atoms with Gasteiger partial charge in [0.2, 0.25) is 0 Å². The lowest BCUT2D eigenvalue weighted by Crippen LogP contribution is -2.06. The molecule has 0 heterocycles. The molecule has 0 saturated heterocycles. The van der Waals surface area contributed by atoms with Crippen LogP contribution in [0.2, 0.25) is 0 Å². The van der Waals surface area contributed by atoms with Gasteiger partial charge in [0.1, 0.15) is 0 Å². The fourth-order valence-corrected chi connectivity index (χ4v) is 2.24. The molecule has 0 radical (unpaired) electrons. The molecule has 0 amide bonds. The van der Waals surface area contributed by atoms with E-state index in [9.17, 15) is 14.7 Å². The molecule has 2 rings (SSSR count). The van der Waals surface area contributed by atoms with Gasteiger partial charge in [-0.1, -0.05) is 24.3 Å². The van der Waals surface area contributed by atoms with Crippen LogP contribution in [0.4, 0.5) is 0 Å². The maximum Gasteiger partial charge on any atom is 0.337 e. The number of benzene rings is 2. The fraction of sp³-hybridized carbons (Fsp3) is 0.176. The number of esters is 1. The molecule has 0 fully saturated rings. The van der Waals surface area contributed by atoms with Crippen molar-refractivity contribution in [3.05, 3.63) is 58.7 Å². The molecular weight excluding hydrogens is 268 g/mol. The second-order valence-electron chi connectivity index (χ2n) is 4.80. The minimum atomic E-state index is -1.07. The highest BCUT2D eigenvalue weighted by molar-refractivity contribution is 6.00. The van der Waals surface area contributed by atoms with Gasteiger partial charge in [0.05, 0.1) is 18.2 Å². The Morgan fingerprint density at radius 2 is 1.76 bits per heavy atom. The van der Waals surface area contributed by atoms with Crippen LogP contribution >= 0.6 is 0 Å². The molecule has 0 atom stereocenters. The van der Waals surface area contributed by atoms with Crippen molar-refractivity contribution in [1.82, 2.24) is 0 Å². The monoisotopic (exact) mass is 284 g/mol. The standard InChI is InChI=1S/C17H16O4/c1-10-5-4-6-13(11(10)2)14-8-7-12(17(20)21-3)9-15(14)16(18)19/h4-9H,1-3H3,(H,18,19). The summed E-state index contributed by atoms with van der Waals surface area (Å²) in [6, 6.07) is 10.3.